The van der Waals surface area contributed by atoms with Gasteiger partial charge in [-0.1, -0.05) is 11.6 Å². The maximum atomic E-state index is 12.4. The van der Waals surface area contributed by atoms with E-state index in [9.17, 15) is 19.2 Å². The van der Waals surface area contributed by atoms with Gasteiger partial charge in [0.05, 0.1) is 11.3 Å². The van der Waals surface area contributed by atoms with Crippen molar-refractivity contribution in [3.8, 4) is 0 Å². The molecule has 0 saturated heterocycles. The highest BCUT2D eigenvalue weighted by Crippen LogP contribution is 2.30. The highest BCUT2D eigenvalue weighted by Gasteiger charge is 2.38. The van der Waals surface area contributed by atoms with Crippen LogP contribution in [0, 0.1) is 0 Å². The molecule has 0 radical (unpaired) electrons. The first-order valence-corrected chi connectivity index (χ1v) is 7.11. The Bertz CT molecular complexity index is 871. The van der Waals surface area contributed by atoms with Gasteiger partial charge in [0.1, 0.15) is 0 Å². The molecule has 0 aliphatic carbocycles. The second kappa shape index (κ2) is 5.44. The van der Waals surface area contributed by atoms with Crippen LogP contribution in [-0.2, 0) is 9.59 Å². The number of Topliss-reactive ketones (excluding diaryl/α,β-unsaturated/α-hetero) is 1. The first-order chi connectivity index (χ1) is 10.9. The van der Waals surface area contributed by atoms with Gasteiger partial charge in [0.25, 0.3) is 5.78 Å². The van der Waals surface area contributed by atoms with Crippen molar-refractivity contribution in [2.24, 2.45) is 0 Å². The van der Waals surface area contributed by atoms with Crippen LogP contribution in [0.4, 0.5) is 5.69 Å². The van der Waals surface area contributed by atoms with E-state index in [1.807, 2.05) is 0 Å². The number of hydrogen-bond donors (Lipinski definition) is 0. The first kappa shape index (κ1) is 15.1. The second-order valence-electron chi connectivity index (χ2n) is 5.06. The van der Waals surface area contributed by atoms with Crippen molar-refractivity contribution in [3.05, 3.63) is 64.2 Å². The number of fused-ring (bicyclic) bond motifs is 1. The number of carbonyl (C=O) groups is 4. The standard InChI is InChI=1S/C17H10ClNO4/c1-9(20)19-14-7-4-11(8-13(14)16(22)17(19)23)15(21)10-2-5-12(18)6-3-10/h2-8H,1H3. The summed E-state index contributed by atoms with van der Waals surface area (Å²) in [6.45, 7) is 1.20. The Morgan fingerprint density at radius 3 is 2.17 bits per heavy atom. The SMILES string of the molecule is CC(=O)N1C(=O)C(=O)c2cc(C(=O)c3ccc(Cl)cc3)ccc21. The van der Waals surface area contributed by atoms with Crippen LogP contribution in [0.5, 0.6) is 0 Å². The van der Waals surface area contributed by atoms with Crippen LogP contribution >= 0.6 is 11.6 Å². The average molecular weight is 328 g/mol. The van der Waals surface area contributed by atoms with E-state index in [-0.39, 0.29) is 22.6 Å². The quantitative estimate of drug-likeness (QED) is 0.628. The molecule has 1 aliphatic heterocycles. The van der Waals surface area contributed by atoms with E-state index in [0.717, 1.165) is 4.90 Å². The van der Waals surface area contributed by atoms with Crippen molar-refractivity contribution in [1.82, 2.24) is 0 Å². The third-order valence-corrected chi connectivity index (χ3v) is 3.81. The highest BCUT2D eigenvalue weighted by atomic mass is 35.5. The third kappa shape index (κ3) is 2.45. The zero-order valence-electron chi connectivity index (χ0n) is 12.0. The topological polar surface area (TPSA) is 71.5 Å². The Hall–Kier alpha value is -2.79. The van der Waals surface area contributed by atoms with Crippen LogP contribution in [0.15, 0.2) is 42.5 Å². The molecule has 0 atom stereocenters. The molecule has 6 heteroatoms. The number of ketones is 2. The molecule has 2 aromatic rings. The van der Waals surface area contributed by atoms with Crippen molar-refractivity contribution in [2.75, 3.05) is 4.90 Å². The van der Waals surface area contributed by atoms with Gasteiger partial charge in [-0.3, -0.25) is 19.2 Å². The fourth-order valence-electron chi connectivity index (χ4n) is 2.46. The van der Waals surface area contributed by atoms with Crippen molar-refractivity contribution in [1.29, 1.82) is 0 Å². The summed E-state index contributed by atoms with van der Waals surface area (Å²) in [6, 6.07) is 10.6. The summed E-state index contributed by atoms with van der Waals surface area (Å²) >= 11 is 5.79. The number of benzene rings is 2. The lowest BCUT2D eigenvalue weighted by Crippen LogP contribution is -2.33. The number of hydrogen-bond acceptors (Lipinski definition) is 4. The van der Waals surface area contributed by atoms with E-state index in [1.165, 1.54) is 25.1 Å². The molecule has 0 bridgehead atoms. The van der Waals surface area contributed by atoms with Crippen LogP contribution in [0.25, 0.3) is 0 Å². The molecule has 2 amide bonds. The molecule has 0 aromatic heterocycles. The van der Waals surface area contributed by atoms with Gasteiger partial charge in [0.2, 0.25) is 5.91 Å². The molecule has 0 spiro atoms. The normalized spacial score (nSPS) is 13.2. The highest BCUT2D eigenvalue weighted by molar-refractivity contribution is 6.56. The number of nitrogens with zero attached hydrogens (tertiary/aromatic N) is 1. The molecule has 114 valence electrons. The summed E-state index contributed by atoms with van der Waals surface area (Å²) in [6.07, 6.45) is 0. The molecule has 0 unspecified atom stereocenters. The smallest absolute Gasteiger partial charge is 0.289 e. The van der Waals surface area contributed by atoms with Crippen LogP contribution in [-0.4, -0.2) is 23.4 Å². The Balaban J connectivity index is 2.04. The predicted molar refractivity (Wildman–Crippen MR) is 83.8 cm³/mol. The zero-order valence-corrected chi connectivity index (χ0v) is 12.8. The lowest BCUT2D eigenvalue weighted by atomic mass is 10.00. The number of halogens is 1. The minimum absolute atomic E-state index is 0.0602. The maximum Gasteiger partial charge on any atom is 0.306 e. The molecular weight excluding hydrogens is 318 g/mol. The second-order valence-corrected chi connectivity index (χ2v) is 5.49. The molecule has 1 aliphatic rings. The van der Waals surface area contributed by atoms with Crippen LogP contribution in [0.3, 0.4) is 0 Å². The van der Waals surface area contributed by atoms with Crippen molar-refractivity contribution in [2.45, 2.75) is 6.92 Å². The van der Waals surface area contributed by atoms with Gasteiger partial charge in [-0.2, -0.15) is 0 Å². The van der Waals surface area contributed by atoms with Gasteiger partial charge in [-0.05, 0) is 42.5 Å². The fraction of sp³-hybridized carbons (Fsp3) is 0.0588. The summed E-state index contributed by atoms with van der Waals surface area (Å²) in [7, 11) is 0. The van der Waals surface area contributed by atoms with Crippen LogP contribution < -0.4 is 4.90 Å². The number of anilines is 1. The minimum atomic E-state index is -0.899. The Labute approximate surface area is 136 Å². The summed E-state index contributed by atoms with van der Waals surface area (Å²) < 4.78 is 0. The molecule has 23 heavy (non-hydrogen) atoms. The van der Waals surface area contributed by atoms with Crippen LogP contribution in [0.2, 0.25) is 5.02 Å². The molecule has 0 N–H and O–H groups in total. The number of imide groups is 1. The van der Waals surface area contributed by atoms with Crippen LogP contribution in [0.1, 0.15) is 33.2 Å². The summed E-state index contributed by atoms with van der Waals surface area (Å²) in [5, 5.41) is 0.508. The van der Waals surface area contributed by atoms with Gasteiger partial charge in [0.15, 0.2) is 5.78 Å². The molecule has 5 nitrogen and oxygen atoms in total. The Morgan fingerprint density at radius 2 is 1.57 bits per heavy atom. The maximum absolute atomic E-state index is 12.4. The van der Waals surface area contributed by atoms with E-state index in [2.05, 4.69) is 0 Å². The summed E-state index contributed by atoms with van der Waals surface area (Å²) in [5.41, 5.74) is 0.942. The number of rotatable bonds is 2. The van der Waals surface area contributed by atoms with Gasteiger partial charge < -0.3 is 0 Å². The van der Waals surface area contributed by atoms with Crippen molar-refractivity contribution < 1.29 is 19.2 Å². The molecule has 0 fully saturated rings. The molecule has 0 saturated carbocycles. The first-order valence-electron chi connectivity index (χ1n) is 6.74. The largest absolute Gasteiger partial charge is 0.306 e. The molecular formula is C17H10ClNO4. The summed E-state index contributed by atoms with van der Waals surface area (Å²) in [4.78, 5) is 48.6. The predicted octanol–water partition coefficient (Wildman–Crippen LogP) is 2.65. The van der Waals surface area contributed by atoms with Gasteiger partial charge in [0, 0.05) is 23.1 Å². The third-order valence-electron chi connectivity index (χ3n) is 3.56. The van der Waals surface area contributed by atoms with Gasteiger partial charge in [-0.15, -0.1) is 0 Å². The van der Waals surface area contributed by atoms with E-state index in [4.69, 9.17) is 11.6 Å². The van der Waals surface area contributed by atoms with Gasteiger partial charge >= 0.3 is 5.91 Å². The molecule has 2 aromatic carbocycles. The van der Waals surface area contributed by atoms with E-state index < -0.39 is 17.6 Å². The van der Waals surface area contributed by atoms with Gasteiger partial charge in [-0.25, -0.2) is 4.90 Å². The number of carbonyl (C=O) groups excluding carboxylic acids is 4. The lowest BCUT2D eigenvalue weighted by Gasteiger charge is -2.11. The molecule has 1 heterocycles. The summed E-state index contributed by atoms with van der Waals surface area (Å²) in [5.74, 6) is -2.53. The lowest BCUT2D eigenvalue weighted by molar-refractivity contribution is -0.122. The molecule has 3 rings (SSSR count). The number of amides is 2. The van der Waals surface area contributed by atoms with Crippen molar-refractivity contribution >= 4 is 40.7 Å². The zero-order chi connectivity index (χ0) is 16.7. The fourth-order valence-corrected chi connectivity index (χ4v) is 2.59. The Morgan fingerprint density at radius 1 is 0.957 bits per heavy atom. The van der Waals surface area contributed by atoms with E-state index in [1.54, 1.807) is 24.3 Å². The monoisotopic (exact) mass is 327 g/mol. The van der Waals surface area contributed by atoms with Crippen molar-refractivity contribution in [3.63, 3.8) is 0 Å². The van der Waals surface area contributed by atoms with E-state index in [0.29, 0.717) is 10.6 Å². The Kier molecular flexibility index (Phi) is 3.58. The van der Waals surface area contributed by atoms with E-state index >= 15 is 0 Å². The minimum Gasteiger partial charge on any atom is -0.289 e. The average Bonchev–Trinajstić information content (AvgIpc) is 2.78.